The van der Waals surface area contributed by atoms with Gasteiger partial charge in [-0.05, 0) is 30.7 Å². The van der Waals surface area contributed by atoms with Crippen LogP contribution in [0.3, 0.4) is 0 Å². The highest BCUT2D eigenvalue weighted by molar-refractivity contribution is 7.22. The number of anilines is 1. The Balaban J connectivity index is 1.57. The molecule has 0 spiro atoms. The lowest BCUT2D eigenvalue weighted by Gasteiger charge is -2.27. The van der Waals surface area contributed by atoms with Crippen LogP contribution in [0.25, 0.3) is 10.2 Å². The van der Waals surface area contributed by atoms with Gasteiger partial charge in [0, 0.05) is 32.2 Å². The van der Waals surface area contributed by atoms with Gasteiger partial charge in [-0.1, -0.05) is 22.7 Å². The maximum atomic E-state index is 13.3. The molecule has 1 amide bonds. The summed E-state index contributed by atoms with van der Waals surface area (Å²) in [6, 6.07) is 8.46. The van der Waals surface area contributed by atoms with Crippen molar-refractivity contribution in [3.05, 3.63) is 45.3 Å². The van der Waals surface area contributed by atoms with Crippen molar-refractivity contribution in [2.45, 2.75) is 6.42 Å². The van der Waals surface area contributed by atoms with Crippen molar-refractivity contribution in [2.24, 2.45) is 0 Å². The Morgan fingerprint density at radius 3 is 2.81 bits per heavy atom. The summed E-state index contributed by atoms with van der Waals surface area (Å²) in [6.45, 7) is 4.52. The molecule has 31 heavy (non-hydrogen) atoms. The first-order valence-electron chi connectivity index (χ1n) is 9.86. The van der Waals surface area contributed by atoms with E-state index in [0.29, 0.717) is 16.6 Å². The Kier molecular flexibility index (Phi) is 6.76. The van der Waals surface area contributed by atoms with Gasteiger partial charge in [0.25, 0.3) is 5.91 Å². The zero-order valence-electron chi connectivity index (χ0n) is 17.0. The molecule has 0 bridgehead atoms. The van der Waals surface area contributed by atoms with Crippen LogP contribution in [0.1, 0.15) is 16.1 Å². The summed E-state index contributed by atoms with van der Waals surface area (Å²) in [6.07, 6.45) is 0.762. The average molecular weight is 463 g/mol. The molecule has 11 heteroatoms. The second-order valence-corrected chi connectivity index (χ2v) is 9.06. The van der Waals surface area contributed by atoms with E-state index in [2.05, 4.69) is 9.88 Å². The van der Waals surface area contributed by atoms with Gasteiger partial charge >= 0.3 is 5.00 Å². The third kappa shape index (κ3) is 5.01. The molecule has 1 fully saturated rings. The average Bonchev–Trinajstić information content (AvgIpc) is 3.44. The van der Waals surface area contributed by atoms with E-state index in [1.807, 2.05) is 18.2 Å². The Labute approximate surface area is 187 Å². The van der Waals surface area contributed by atoms with Gasteiger partial charge in [-0.2, -0.15) is 0 Å². The topological polar surface area (TPSA) is 98.0 Å². The van der Waals surface area contributed by atoms with Crippen LogP contribution in [0.15, 0.2) is 30.3 Å². The zero-order chi connectivity index (χ0) is 21.8. The van der Waals surface area contributed by atoms with Gasteiger partial charge in [0.2, 0.25) is 0 Å². The molecule has 1 aromatic carbocycles. The molecule has 9 nitrogen and oxygen atoms in total. The Morgan fingerprint density at radius 1 is 1.29 bits per heavy atom. The highest BCUT2D eigenvalue weighted by Gasteiger charge is 2.25. The minimum absolute atomic E-state index is 0.0503. The largest absolute Gasteiger partial charge is 0.497 e. The predicted octanol–water partition coefficient (Wildman–Crippen LogP) is 3.64. The summed E-state index contributed by atoms with van der Waals surface area (Å²) in [7, 11) is 1.61. The molecule has 0 saturated carbocycles. The number of methoxy groups -OCH3 is 1. The van der Waals surface area contributed by atoms with Crippen molar-refractivity contribution in [2.75, 3.05) is 51.4 Å². The molecule has 0 atom stereocenters. The number of carbonyl (C=O) groups is 1. The second kappa shape index (κ2) is 9.69. The van der Waals surface area contributed by atoms with Gasteiger partial charge in [-0.15, -0.1) is 0 Å². The van der Waals surface area contributed by atoms with Crippen LogP contribution in [0, 0.1) is 10.1 Å². The molecule has 164 valence electrons. The number of amides is 1. The summed E-state index contributed by atoms with van der Waals surface area (Å²) in [5.41, 5.74) is 0.781. The van der Waals surface area contributed by atoms with Gasteiger partial charge in [-0.3, -0.25) is 24.7 Å². The van der Waals surface area contributed by atoms with Crippen LogP contribution in [-0.2, 0) is 4.74 Å². The normalized spacial score (nSPS) is 14.6. The Morgan fingerprint density at radius 2 is 2.10 bits per heavy atom. The molecule has 1 aliphatic rings. The van der Waals surface area contributed by atoms with Crippen LogP contribution in [0.2, 0.25) is 0 Å². The summed E-state index contributed by atoms with van der Waals surface area (Å²) >= 11 is 2.29. The molecule has 1 saturated heterocycles. The van der Waals surface area contributed by atoms with Gasteiger partial charge in [0.05, 0.1) is 40.3 Å². The van der Waals surface area contributed by atoms with E-state index >= 15 is 0 Å². The van der Waals surface area contributed by atoms with Gasteiger partial charge in [0.1, 0.15) is 5.75 Å². The third-order valence-corrected chi connectivity index (χ3v) is 7.07. The van der Waals surface area contributed by atoms with Gasteiger partial charge in [-0.25, -0.2) is 4.98 Å². The maximum Gasteiger partial charge on any atom is 0.324 e. The van der Waals surface area contributed by atoms with E-state index in [0.717, 1.165) is 66.6 Å². The molecule has 3 aromatic rings. The monoisotopic (exact) mass is 462 g/mol. The Bertz CT molecular complexity index is 1080. The fraction of sp³-hybridized carbons (Fsp3) is 0.400. The molecule has 0 unspecified atom stereocenters. The van der Waals surface area contributed by atoms with Crippen molar-refractivity contribution in [3.8, 4) is 5.75 Å². The molecule has 2 aromatic heterocycles. The molecule has 0 radical (unpaired) electrons. The molecule has 3 heterocycles. The zero-order valence-corrected chi connectivity index (χ0v) is 18.6. The predicted molar refractivity (Wildman–Crippen MR) is 121 cm³/mol. The smallest absolute Gasteiger partial charge is 0.324 e. The number of aromatic nitrogens is 1. The molecule has 4 rings (SSSR count). The van der Waals surface area contributed by atoms with Crippen molar-refractivity contribution in [1.29, 1.82) is 0 Å². The number of thiazole rings is 1. The summed E-state index contributed by atoms with van der Waals surface area (Å²) in [5.74, 6) is 0.452. The number of thiophene rings is 1. The summed E-state index contributed by atoms with van der Waals surface area (Å²) < 4.78 is 11.6. The molecule has 0 aliphatic carbocycles. The lowest BCUT2D eigenvalue weighted by molar-refractivity contribution is -0.380. The number of morpholine rings is 1. The number of nitro groups is 1. The quantitative estimate of drug-likeness (QED) is 0.372. The van der Waals surface area contributed by atoms with Crippen LogP contribution >= 0.6 is 22.7 Å². The number of rotatable bonds is 8. The molecule has 0 N–H and O–H groups in total. The number of hydrogen-bond acceptors (Lipinski definition) is 9. The van der Waals surface area contributed by atoms with Crippen LogP contribution in [0.4, 0.5) is 10.1 Å². The second-order valence-electron chi connectivity index (χ2n) is 6.99. The van der Waals surface area contributed by atoms with E-state index in [1.54, 1.807) is 12.0 Å². The molecular weight excluding hydrogens is 440 g/mol. The Hall–Kier alpha value is -2.60. The number of ether oxygens (including phenoxy) is 2. The summed E-state index contributed by atoms with van der Waals surface area (Å²) in [4.78, 5) is 32.8. The standard InChI is InChI=1S/C20H22N4O5S2/c1-28-14-3-4-15-17(13-14)31-20(21-15)23(8-2-7-22-9-11-29-12-10-22)19(25)16-5-6-18(30-16)24(26)27/h3-6,13H,2,7-12H2,1H3. The third-order valence-electron chi connectivity index (χ3n) is 5.00. The molecule has 1 aliphatic heterocycles. The fourth-order valence-corrected chi connectivity index (χ4v) is 5.16. The summed E-state index contributed by atoms with van der Waals surface area (Å²) in [5, 5.41) is 11.6. The first-order chi connectivity index (χ1) is 15.0. The van der Waals surface area contributed by atoms with Gasteiger partial charge in [0.15, 0.2) is 5.13 Å². The number of fused-ring (bicyclic) bond motifs is 1. The highest BCUT2D eigenvalue weighted by Crippen LogP contribution is 2.33. The van der Waals surface area contributed by atoms with Crippen LogP contribution in [-0.4, -0.2) is 67.2 Å². The van der Waals surface area contributed by atoms with E-state index in [4.69, 9.17) is 9.47 Å². The van der Waals surface area contributed by atoms with Crippen LogP contribution < -0.4 is 9.64 Å². The van der Waals surface area contributed by atoms with Gasteiger partial charge < -0.3 is 9.47 Å². The minimum atomic E-state index is -0.478. The minimum Gasteiger partial charge on any atom is -0.497 e. The van der Waals surface area contributed by atoms with Crippen molar-refractivity contribution in [3.63, 3.8) is 0 Å². The van der Waals surface area contributed by atoms with Crippen LogP contribution in [0.5, 0.6) is 5.75 Å². The highest BCUT2D eigenvalue weighted by atomic mass is 32.1. The fourth-order valence-electron chi connectivity index (χ4n) is 3.37. The van der Waals surface area contributed by atoms with Crippen molar-refractivity contribution >= 4 is 48.9 Å². The number of benzene rings is 1. The van der Waals surface area contributed by atoms with Crippen molar-refractivity contribution < 1.29 is 19.2 Å². The van der Waals surface area contributed by atoms with E-state index in [-0.39, 0.29) is 10.9 Å². The van der Waals surface area contributed by atoms with Crippen molar-refractivity contribution in [1.82, 2.24) is 9.88 Å². The number of nitrogens with zero attached hydrogens (tertiary/aromatic N) is 4. The lowest BCUT2D eigenvalue weighted by atomic mass is 10.3. The van der Waals surface area contributed by atoms with E-state index in [9.17, 15) is 14.9 Å². The first kappa shape index (κ1) is 21.6. The lowest BCUT2D eigenvalue weighted by Crippen LogP contribution is -2.39. The number of carbonyl (C=O) groups excluding carboxylic acids is 1. The number of hydrogen-bond donors (Lipinski definition) is 0. The molecular formula is C20H22N4O5S2. The first-order valence-corrected chi connectivity index (χ1v) is 11.5. The van der Waals surface area contributed by atoms with E-state index in [1.165, 1.54) is 23.5 Å². The van der Waals surface area contributed by atoms with E-state index < -0.39 is 4.92 Å². The maximum absolute atomic E-state index is 13.3. The SMILES string of the molecule is COc1ccc2nc(N(CCCN3CCOCC3)C(=O)c3ccc([N+](=O)[O-])s3)sc2c1.